The van der Waals surface area contributed by atoms with Gasteiger partial charge in [0.15, 0.2) is 0 Å². The molecule has 6 heteroatoms. The molecule has 132 valence electrons. The Morgan fingerprint density at radius 3 is 2.92 bits per heavy atom. The largest absolute Gasteiger partial charge is 0.379 e. The molecule has 24 heavy (non-hydrogen) atoms. The van der Waals surface area contributed by atoms with Crippen molar-refractivity contribution in [1.29, 1.82) is 0 Å². The summed E-state index contributed by atoms with van der Waals surface area (Å²) in [5.74, 6) is 0.782. The third-order valence-corrected chi connectivity index (χ3v) is 5.67. The van der Waals surface area contributed by atoms with Crippen LogP contribution in [0.1, 0.15) is 51.4 Å². The van der Waals surface area contributed by atoms with Gasteiger partial charge in [-0.3, -0.25) is 9.48 Å². The lowest BCUT2D eigenvalue weighted by Crippen LogP contribution is -2.44. The van der Waals surface area contributed by atoms with Crippen LogP contribution < -0.4 is 16.0 Å². The summed E-state index contributed by atoms with van der Waals surface area (Å²) < 4.78 is 1.74. The first-order valence-electron chi connectivity index (χ1n) is 9.60. The first-order valence-corrected chi connectivity index (χ1v) is 9.60. The minimum absolute atomic E-state index is 0.0669. The zero-order chi connectivity index (χ0) is 16.4. The van der Waals surface area contributed by atoms with Crippen LogP contribution in [-0.4, -0.2) is 40.4 Å². The molecular weight excluding hydrogens is 302 g/mol. The van der Waals surface area contributed by atoms with Crippen molar-refractivity contribution in [3.05, 3.63) is 12.4 Å². The van der Waals surface area contributed by atoms with E-state index in [1.807, 2.05) is 12.4 Å². The number of amides is 1. The van der Waals surface area contributed by atoms with E-state index in [0.29, 0.717) is 30.6 Å². The van der Waals surface area contributed by atoms with Crippen LogP contribution >= 0.6 is 0 Å². The highest BCUT2D eigenvalue weighted by atomic mass is 16.2. The number of nitrogens with one attached hydrogen (secondary N) is 3. The molecule has 3 atom stereocenters. The predicted octanol–water partition coefficient (Wildman–Crippen LogP) is 1.88. The van der Waals surface area contributed by atoms with Gasteiger partial charge >= 0.3 is 0 Å². The van der Waals surface area contributed by atoms with Crippen molar-refractivity contribution in [3.8, 4) is 0 Å². The van der Waals surface area contributed by atoms with Gasteiger partial charge in [-0.1, -0.05) is 12.8 Å². The molecule has 1 saturated heterocycles. The first-order chi connectivity index (χ1) is 11.8. The van der Waals surface area contributed by atoms with Crippen molar-refractivity contribution < 1.29 is 4.79 Å². The summed E-state index contributed by atoms with van der Waals surface area (Å²) in [5.41, 5.74) is 1.04. The lowest BCUT2D eigenvalue weighted by Gasteiger charge is -2.33. The summed E-state index contributed by atoms with van der Waals surface area (Å²) in [4.78, 5) is 11.9. The number of aromatic nitrogens is 2. The van der Waals surface area contributed by atoms with Crippen LogP contribution in [0.4, 0.5) is 5.69 Å². The van der Waals surface area contributed by atoms with Gasteiger partial charge in [0.1, 0.15) is 6.54 Å². The molecule has 2 heterocycles. The maximum Gasteiger partial charge on any atom is 0.241 e. The number of hydrogen-bond donors (Lipinski definition) is 3. The molecule has 3 N–H and O–H groups in total. The Bertz CT molecular complexity index is 562. The quantitative estimate of drug-likeness (QED) is 0.744. The van der Waals surface area contributed by atoms with E-state index >= 15 is 0 Å². The number of carbonyl (C=O) groups excluding carboxylic acids is 1. The number of piperidine rings is 1. The van der Waals surface area contributed by atoms with Gasteiger partial charge in [0.25, 0.3) is 0 Å². The number of nitrogens with zero attached hydrogens (tertiary/aromatic N) is 2. The van der Waals surface area contributed by atoms with Crippen molar-refractivity contribution in [2.45, 2.75) is 76.0 Å². The molecule has 0 spiro atoms. The smallest absolute Gasteiger partial charge is 0.241 e. The minimum Gasteiger partial charge on any atom is -0.379 e. The number of hydrogen-bond acceptors (Lipinski definition) is 4. The van der Waals surface area contributed by atoms with E-state index < -0.39 is 0 Å². The maximum atomic E-state index is 11.9. The molecule has 2 aliphatic carbocycles. The molecule has 6 nitrogen and oxygen atoms in total. The second kappa shape index (κ2) is 7.13. The molecule has 0 bridgehead atoms. The lowest BCUT2D eigenvalue weighted by molar-refractivity contribution is -0.122. The molecule has 0 radical (unpaired) electrons. The molecule has 2 saturated carbocycles. The normalized spacial score (nSPS) is 30.2. The van der Waals surface area contributed by atoms with Gasteiger partial charge in [-0.25, -0.2) is 0 Å². The van der Waals surface area contributed by atoms with E-state index in [1.54, 1.807) is 4.68 Å². The summed E-state index contributed by atoms with van der Waals surface area (Å²) in [6.07, 6.45) is 13.9. The van der Waals surface area contributed by atoms with E-state index in [4.69, 9.17) is 0 Å². The van der Waals surface area contributed by atoms with Crippen molar-refractivity contribution >= 4 is 11.6 Å². The monoisotopic (exact) mass is 331 g/mol. The highest BCUT2D eigenvalue weighted by Gasteiger charge is 2.34. The van der Waals surface area contributed by atoms with Gasteiger partial charge in [-0.15, -0.1) is 0 Å². The second-order valence-corrected chi connectivity index (χ2v) is 7.67. The van der Waals surface area contributed by atoms with Crippen LogP contribution in [0.5, 0.6) is 0 Å². The van der Waals surface area contributed by atoms with Crippen molar-refractivity contribution in [2.75, 3.05) is 11.9 Å². The van der Waals surface area contributed by atoms with Crippen LogP contribution in [0.25, 0.3) is 0 Å². The zero-order valence-corrected chi connectivity index (χ0v) is 14.3. The molecule has 3 fully saturated rings. The Kier molecular flexibility index (Phi) is 4.74. The molecule has 3 aliphatic rings. The van der Waals surface area contributed by atoms with Crippen LogP contribution in [0.3, 0.4) is 0 Å². The second-order valence-electron chi connectivity index (χ2n) is 7.67. The maximum absolute atomic E-state index is 11.9. The molecule has 1 aliphatic heterocycles. The summed E-state index contributed by atoms with van der Waals surface area (Å²) in [6.45, 7) is 1.48. The Morgan fingerprint density at radius 1 is 1.21 bits per heavy atom. The van der Waals surface area contributed by atoms with Crippen molar-refractivity contribution in [1.82, 2.24) is 20.4 Å². The van der Waals surface area contributed by atoms with Gasteiger partial charge in [-0.2, -0.15) is 5.10 Å². The highest BCUT2D eigenvalue weighted by Crippen LogP contribution is 2.33. The average molecular weight is 331 g/mol. The third kappa shape index (κ3) is 3.91. The average Bonchev–Trinajstić information content (AvgIpc) is 3.09. The molecule has 1 aromatic heterocycles. The Hall–Kier alpha value is -1.56. The van der Waals surface area contributed by atoms with E-state index in [9.17, 15) is 4.79 Å². The van der Waals surface area contributed by atoms with Crippen molar-refractivity contribution in [2.24, 2.45) is 5.92 Å². The number of carbonyl (C=O) groups is 1. The topological polar surface area (TPSA) is 71.0 Å². The van der Waals surface area contributed by atoms with Gasteiger partial charge in [-0.05, 0) is 51.0 Å². The molecule has 3 unspecified atom stereocenters. The fraction of sp³-hybridized carbons (Fsp3) is 0.778. The molecule has 1 aromatic rings. The van der Waals surface area contributed by atoms with E-state index in [0.717, 1.165) is 18.5 Å². The van der Waals surface area contributed by atoms with Crippen molar-refractivity contribution in [3.63, 3.8) is 0 Å². The molecule has 4 rings (SSSR count). The van der Waals surface area contributed by atoms with Crippen LogP contribution in [0.2, 0.25) is 0 Å². The van der Waals surface area contributed by atoms with E-state index in [1.165, 1.54) is 45.1 Å². The van der Waals surface area contributed by atoms with Gasteiger partial charge in [0, 0.05) is 24.3 Å². The Morgan fingerprint density at radius 2 is 2.12 bits per heavy atom. The highest BCUT2D eigenvalue weighted by molar-refractivity contribution is 5.76. The van der Waals surface area contributed by atoms with Crippen LogP contribution in [-0.2, 0) is 11.3 Å². The summed E-state index contributed by atoms with van der Waals surface area (Å²) in [6, 6.07) is 1.60. The van der Waals surface area contributed by atoms with Crippen LogP contribution in [0.15, 0.2) is 12.4 Å². The first kappa shape index (κ1) is 15.9. The van der Waals surface area contributed by atoms with Gasteiger partial charge in [0.05, 0.1) is 11.9 Å². The zero-order valence-electron chi connectivity index (χ0n) is 14.3. The molecule has 1 amide bonds. The predicted molar refractivity (Wildman–Crippen MR) is 93.8 cm³/mol. The fourth-order valence-corrected chi connectivity index (χ4v) is 4.28. The molecule has 0 aromatic carbocycles. The summed E-state index contributed by atoms with van der Waals surface area (Å²) in [7, 11) is 0. The summed E-state index contributed by atoms with van der Waals surface area (Å²) in [5, 5.41) is 14.7. The lowest BCUT2D eigenvalue weighted by atomic mass is 9.88. The molecular formula is C18H29N5O. The summed E-state index contributed by atoms with van der Waals surface area (Å²) >= 11 is 0. The number of rotatable bonds is 6. The standard InChI is InChI=1S/C18H29N5O/c24-18(22-13-7-8-13)12-23-11-14(10-20-23)21-17-6-3-4-15(17)16-5-1-2-9-19-16/h10-11,13,15-17,19,21H,1-9,12H2,(H,22,24). The van der Waals surface area contributed by atoms with Gasteiger partial charge in [0.2, 0.25) is 5.91 Å². The van der Waals surface area contributed by atoms with E-state index in [2.05, 4.69) is 21.0 Å². The number of anilines is 1. The Balaban J connectivity index is 1.31. The fourth-order valence-electron chi connectivity index (χ4n) is 4.28. The van der Waals surface area contributed by atoms with E-state index in [-0.39, 0.29) is 5.91 Å². The van der Waals surface area contributed by atoms with Crippen LogP contribution in [0, 0.1) is 5.92 Å². The Labute approximate surface area is 143 Å². The minimum atomic E-state index is 0.0669. The van der Waals surface area contributed by atoms with Gasteiger partial charge < -0.3 is 16.0 Å². The third-order valence-electron chi connectivity index (χ3n) is 5.67. The SMILES string of the molecule is O=C(Cn1cc(NC2CCCC2C2CCCCN2)cn1)NC1CC1.